The number of imide groups is 1. The molecule has 4 rings (SSSR count). The van der Waals surface area contributed by atoms with E-state index in [1.54, 1.807) is 24.3 Å². The van der Waals surface area contributed by atoms with Crippen LogP contribution in [-0.2, 0) is 11.3 Å². The Morgan fingerprint density at radius 1 is 0.931 bits per heavy atom. The first-order valence-electron chi connectivity index (χ1n) is 10.2. The summed E-state index contributed by atoms with van der Waals surface area (Å²) in [4.78, 5) is 40.7. The van der Waals surface area contributed by atoms with E-state index in [0.717, 1.165) is 25.3 Å². The van der Waals surface area contributed by atoms with E-state index in [1.165, 1.54) is 23.3 Å². The number of carbonyl (C=O) groups is 3. The molecule has 2 heterocycles. The van der Waals surface area contributed by atoms with Gasteiger partial charge in [-0.15, -0.1) is 0 Å². The standard InChI is InChI=1S/C23H25N3O3/c27-21(24-18-8-5-7-17(15-18)16-25-12-3-4-13-25)11-6-14-26-22(28)19-9-1-2-10-20(19)23(26)29/h1-2,5,7-10,15H,3-4,6,11-14,16H2,(H,24,27). The van der Waals surface area contributed by atoms with Gasteiger partial charge in [0.25, 0.3) is 11.8 Å². The summed E-state index contributed by atoms with van der Waals surface area (Å²) in [5.74, 6) is -0.666. The fraction of sp³-hybridized carbons (Fsp3) is 0.348. The van der Waals surface area contributed by atoms with Crippen molar-refractivity contribution in [1.82, 2.24) is 9.80 Å². The van der Waals surface area contributed by atoms with E-state index in [9.17, 15) is 14.4 Å². The lowest BCUT2D eigenvalue weighted by Crippen LogP contribution is -2.31. The third kappa shape index (κ3) is 4.38. The lowest BCUT2D eigenvalue weighted by Gasteiger charge is -2.15. The van der Waals surface area contributed by atoms with Crippen molar-refractivity contribution in [1.29, 1.82) is 0 Å². The van der Waals surface area contributed by atoms with Gasteiger partial charge >= 0.3 is 0 Å². The Morgan fingerprint density at radius 2 is 1.62 bits per heavy atom. The Labute approximate surface area is 170 Å². The second kappa shape index (κ2) is 8.57. The van der Waals surface area contributed by atoms with E-state index in [2.05, 4.69) is 16.3 Å². The van der Waals surface area contributed by atoms with Crippen LogP contribution >= 0.6 is 0 Å². The molecule has 0 aromatic heterocycles. The number of rotatable bonds is 7. The van der Waals surface area contributed by atoms with Crippen LogP contribution in [0.25, 0.3) is 0 Å². The van der Waals surface area contributed by atoms with Crippen molar-refractivity contribution in [3.05, 3.63) is 65.2 Å². The van der Waals surface area contributed by atoms with Crippen molar-refractivity contribution in [2.45, 2.75) is 32.2 Å². The average Bonchev–Trinajstić information content (AvgIpc) is 3.31. The number of anilines is 1. The predicted octanol–water partition coefficient (Wildman–Crippen LogP) is 3.30. The van der Waals surface area contributed by atoms with E-state index >= 15 is 0 Å². The van der Waals surface area contributed by atoms with Crippen molar-refractivity contribution in [2.24, 2.45) is 0 Å². The lowest BCUT2D eigenvalue weighted by molar-refractivity contribution is -0.116. The van der Waals surface area contributed by atoms with Crippen LogP contribution in [0.3, 0.4) is 0 Å². The molecule has 1 fully saturated rings. The van der Waals surface area contributed by atoms with Crippen LogP contribution in [0.4, 0.5) is 5.69 Å². The normalized spacial score (nSPS) is 16.3. The number of hydrogen-bond acceptors (Lipinski definition) is 4. The molecule has 6 nitrogen and oxygen atoms in total. The number of fused-ring (bicyclic) bond motifs is 1. The van der Waals surface area contributed by atoms with E-state index in [0.29, 0.717) is 17.5 Å². The molecule has 6 heteroatoms. The Kier molecular flexibility index (Phi) is 5.71. The molecule has 0 unspecified atom stereocenters. The maximum Gasteiger partial charge on any atom is 0.261 e. The minimum absolute atomic E-state index is 0.111. The molecule has 0 aliphatic carbocycles. The fourth-order valence-corrected chi connectivity index (χ4v) is 4.01. The summed E-state index contributed by atoms with van der Waals surface area (Å²) in [6, 6.07) is 14.8. The Balaban J connectivity index is 1.27. The monoisotopic (exact) mass is 391 g/mol. The quantitative estimate of drug-likeness (QED) is 0.736. The summed E-state index contributed by atoms with van der Waals surface area (Å²) in [6.07, 6.45) is 3.20. The van der Waals surface area contributed by atoms with Crippen LogP contribution in [-0.4, -0.2) is 47.2 Å². The molecule has 1 N–H and O–H groups in total. The molecule has 150 valence electrons. The molecule has 1 saturated heterocycles. The smallest absolute Gasteiger partial charge is 0.261 e. The zero-order valence-electron chi connectivity index (χ0n) is 16.4. The average molecular weight is 391 g/mol. The minimum Gasteiger partial charge on any atom is -0.326 e. The number of nitrogens with zero attached hydrogens (tertiary/aromatic N) is 2. The van der Waals surface area contributed by atoms with Gasteiger partial charge in [-0.3, -0.25) is 24.2 Å². The third-order valence-electron chi connectivity index (χ3n) is 5.48. The highest BCUT2D eigenvalue weighted by molar-refractivity contribution is 6.21. The van der Waals surface area contributed by atoms with Gasteiger partial charge in [0.2, 0.25) is 5.91 Å². The first-order chi connectivity index (χ1) is 14.1. The molecule has 3 amide bonds. The second-order valence-electron chi connectivity index (χ2n) is 7.64. The zero-order chi connectivity index (χ0) is 20.2. The van der Waals surface area contributed by atoms with Crippen molar-refractivity contribution in [2.75, 3.05) is 25.0 Å². The summed E-state index contributed by atoms with van der Waals surface area (Å²) in [6.45, 7) is 3.42. The largest absolute Gasteiger partial charge is 0.326 e. The Bertz CT molecular complexity index is 899. The van der Waals surface area contributed by atoms with Gasteiger partial charge in [-0.05, 0) is 62.2 Å². The summed E-state index contributed by atoms with van der Waals surface area (Å²) < 4.78 is 0. The number of likely N-dealkylation sites (tertiary alicyclic amines) is 1. The number of amides is 3. The van der Waals surface area contributed by atoms with Crippen LogP contribution in [0, 0.1) is 0 Å². The number of nitrogens with one attached hydrogen (secondary N) is 1. The van der Waals surface area contributed by atoms with Gasteiger partial charge in [0.1, 0.15) is 0 Å². The summed E-state index contributed by atoms with van der Waals surface area (Å²) >= 11 is 0. The molecular formula is C23H25N3O3. The van der Waals surface area contributed by atoms with E-state index in [1.807, 2.05) is 18.2 Å². The predicted molar refractivity (Wildman–Crippen MR) is 111 cm³/mol. The molecule has 2 aliphatic heterocycles. The zero-order valence-corrected chi connectivity index (χ0v) is 16.4. The highest BCUT2D eigenvalue weighted by Gasteiger charge is 2.34. The molecule has 2 aromatic rings. The van der Waals surface area contributed by atoms with E-state index in [-0.39, 0.29) is 30.7 Å². The fourth-order valence-electron chi connectivity index (χ4n) is 4.01. The molecule has 29 heavy (non-hydrogen) atoms. The molecule has 0 bridgehead atoms. The molecule has 0 radical (unpaired) electrons. The minimum atomic E-state index is -0.277. The first kappa shape index (κ1) is 19.3. The molecule has 2 aliphatic rings. The van der Waals surface area contributed by atoms with E-state index < -0.39 is 0 Å². The van der Waals surface area contributed by atoms with Crippen molar-refractivity contribution < 1.29 is 14.4 Å². The number of hydrogen-bond donors (Lipinski definition) is 1. The first-order valence-corrected chi connectivity index (χ1v) is 10.2. The highest BCUT2D eigenvalue weighted by Crippen LogP contribution is 2.23. The summed E-state index contributed by atoms with van der Waals surface area (Å²) in [7, 11) is 0. The van der Waals surface area contributed by atoms with Crippen LogP contribution in [0.5, 0.6) is 0 Å². The van der Waals surface area contributed by atoms with Gasteiger partial charge in [0, 0.05) is 25.2 Å². The molecule has 0 atom stereocenters. The molecule has 0 spiro atoms. The van der Waals surface area contributed by atoms with Crippen LogP contribution in [0.2, 0.25) is 0 Å². The van der Waals surface area contributed by atoms with Crippen LogP contribution in [0.15, 0.2) is 48.5 Å². The maximum atomic E-state index is 12.4. The SMILES string of the molecule is O=C(CCCN1C(=O)c2ccccc2C1=O)Nc1cccc(CN2CCCC2)c1. The van der Waals surface area contributed by atoms with Crippen molar-refractivity contribution in [3.8, 4) is 0 Å². The summed E-state index contributed by atoms with van der Waals surface area (Å²) in [5.41, 5.74) is 2.86. The second-order valence-corrected chi connectivity index (χ2v) is 7.64. The Hall–Kier alpha value is -2.99. The molecule has 2 aromatic carbocycles. The van der Waals surface area contributed by atoms with Crippen LogP contribution < -0.4 is 5.32 Å². The van der Waals surface area contributed by atoms with Gasteiger partial charge < -0.3 is 5.32 Å². The molecular weight excluding hydrogens is 366 g/mol. The van der Waals surface area contributed by atoms with E-state index in [4.69, 9.17) is 0 Å². The van der Waals surface area contributed by atoms with Gasteiger partial charge in [-0.2, -0.15) is 0 Å². The number of carbonyl (C=O) groups excluding carboxylic acids is 3. The van der Waals surface area contributed by atoms with Crippen molar-refractivity contribution >= 4 is 23.4 Å². The van der Waals surface area contributed by atoms with Crippen LogP contribution in [0.1, 0.15) is 52.0 Å². The molecule has 0 saturated carbocycles. The Morgan fingerprint density at radius 3 is 2.31 bits per heavy atom. The highest BCUT2D eigenvalue weighted by atomic mass is 16.2. The lowest BCUT2D eigenvalue weighted by atomic mass is 10.1. The third-order valence-corrected chi connectivity index (χ3v) is 5.48. The van der Waals surface area contributed by atoms with Gasteiger partial charge in [0.15, 0.2) is 0 Å². The van der Waals surface area contributed by atoms with Gasteiger partial charge in [-0.25, -0.2) is 0 Å². The summed E-state index contributed by atoms with van der Waals surface area (Å²) in [5, 5.41) is 2.93. The topological polar surface area (TPSA) is 69.7 Å². The maximum absolute atomic E-state index is 12.4. The van der Waals surface area contributed by atoms with Gasteiger partial charge in [-0.1, -0.05) is 24.3 Å². The van der Waals surface area contributed by atoms with Crippen molar-refractivity contribution in [3.63, 3.8) is 0 Å². The number of benzene rings is 2. The van der Waals surface area contributed by atoms with Gasteiger partial charge in [0.05, 0.1) is 11.1 Å².